The first-order valence-corrected chi connectivity index (χ1v) is 4.07. The summed E-state index contributed by atoms with van der Waals surface area (Å²) in [5.41, 5.74) is 5.66. The third-order valence-electron chi connectivity index (χ3n) is 1.79. The predicted octanol–water partition coefficient (Wildman–Crippen LogP) is 0.931. The fourth-order valence-electron chi connectivity index (χ4n) is 0.869. The third kappa shape index (κ3) is 3.37. The van der Waals surface area contributed by atoms with Crippen molar-refractivity contribution in [3.8, 4) is 0 Å². The minimum absolute atomic E-state index is 0.192. The number of aliphatic imine (C=N–C) groups is 1. The molecule has 0 aromatic carbocycles. The van der Waals surface area contributed by atoms with Crippen LogP contribution in [-0.4, -0.2) is 25.1 Å². The molecule has 0 aliphatic heterocycles. The van der Waals surface area contributed by atoms with Gasteiger partial charge in [-0.05, 0) is 19.8 Å². The zero-order valence-electron chi connectivity index (χ0n) is 7.21. The van der Waals surface area contributed by atoms with Gasteiger partial charge in [0.25, 0.3) is 0 Å². The normalized spacial score (nSPS) is 21.8. The number of rotatable bonds is 4. The molecule has 0 heterocycles. The van der Waals surface area contributed by atoms with E-state index in [0.29, 0.717) is 6.04 Å². The van der Waals surface area contributed by atoms with Gasteiger partial charge in [-0.15, -0.1) is 0 Å². The molecule has 0 spiro atoms. The Labute approximate surface area is 67.6 Å². The van der Waals surface area contributed by atoms with Crippen molar-refractivity contribution in [2.75, 3.05) is 7.11 Å². The molecule has 1 aliphatic rings. The van der Waals surface area contributed by atoms with Gasteiger partial charge >= 0.3 is 0 Å². The first kappa shape index (κ1) is 8.53. The first-order valence-electron chi connectivity index (χ1n) is 4.07. The molecule has 0 aromatic heterocycles. The lowest BCUT2D eigenvalue weighted by Crippen LogP contribution is -2.20. The molecule has 1 fully saturated rings. The number of nitrogens with two attached hydrogens (primary N) is 1. The number of methoxy groups -OCH3 is 1. The van der Waals surface area contributed by atoms with Gasteiger partial charge in [0.1, 0.15) is 0 Å². The maximum absolute atomic E-state index is 5.66. The van der Waals surface area contributed by atoms with Crippen LogP contribution < -0.4 is 5.73 Å². The molecule has 1 unspecified atom stereocenters. The summed E-state index contributed by atoms with van der Waals surface area (Å²) in [5.74, 6) is 0.738. The van der Waals surface area contributed by atoms with Crippen LogP contribution >= 0.6 is 0 Å². The summed E-state index contributed by atoms with van der Waals surface area (Å²) in [5, 5.41) is 0. The van der Waals surface area contributed by atoms with Gasteiger partial charge in [-0.3, -0.25) is 4.99 Å². The van der Waals surface area contributed by atoms with Crippen LogP contribution in [0.15, 0.2) is 4.99 Å². The molecule has 3 nitrogen and oxygen atoms in total. The molecule has 2 N–H and O–H groups in total. The van der Waals surface area contributed by atoms with Gasteiger partial charge in [0, 0.05) is 13.5 Å². The van der Waals surface area contributed by atoms with Gasteiger partial charge in [-0.1, -0.05) is 0 Å². The van der Waals surface area contributed by atoms with Gasteiger partial charge in [0.2, 0.25) is 0 Å². The molecule has 1 saturated carbocycles. The second-order valence-corrected chi connectivity index (χ2v) is 3.10. The molecule has 1 atom stereocenters. The molecular weight excluding hydrogens is 140 g/mol. The van der Waals surface area contributed by atoms with Crippen LogP contribution in [0.2, 0.25) is 0 Å². The van der Waals surface area contributed by atoms with E-state index in [2.05, 4.69) is 4.99 Å². The summed E-state index contributed by atoms with van der Waals surface area (Å²) in [6, 6.07) is 0.527. The van der Waals surface area contributed by atoms with Crippen molar-refractivity contribution in [1.29, 1.82) is 0 Å². The highest BCUT2D eigenvalue weighted by atomic mass is 16.5. The lowest BCUT2D eigenvalue weighted by atomic mass is 10.3. The lowest BCUT2D eigenvalue weighted by molar-refractivity contribution is 0.124. The molecule has 11 heavy (non-hydrogen) atoms. The standard InChI is InChI=1S/C8H16N2O/c1-6(11-2)5-8(9)10-7-3-4-7/h6-7H,3-5H2,1-2H3,(H2,9,10). The Balaban J connectivity index is 2.23. The number of nitrogens with zero attached hydrogens (tertiary/aromatic N) is 1. The van der Waals surface area contributed by atoms with Crippen molar-refractivity contribution >= 4 is 5.84 Å². The summed E-state index contributed by atoms with van der Waals surface area (Å²) < 4.78 is 5.06. The highest BCUT2D eigenvalue weighted by molar-refractivity contribution is 5.81. The predicted molar refractivity (Wildman–Crippen MR) is 45.7 cm³/mol. The van der Waals surface area contributed by atoms with E-state index in [-0.39, 0.29) is 6.10 Å². The van der Waals surface area contributed by atoms with Crippen molar-refractivity contribution in [3.63, 3.8) is 0 Å². The van der Waals surface area contributed by atoms with Crippen molar-refractivity contribution in [3.05, 3.63) is 0 Å². The van der Waals surface area contributed by atoms with Gasteiger partial charge in [0.05, 0.1) is 18.0 Å². The van der Waals surface area contributed by atoms with Crippen LogP contribution in [0.3, 0.4) is 0 Å². The fraction of sp³-hybridized carbons (Fsp3) is 0.875. The Bertz CT molecular complexity index is 152. The summed E-state index contributed by atoms with van der Waals surface area (Å²) in [4.78, 5) is 4.29. The highest BCUT2D eigenvalue weighted by Gasteiger charge is 2.20. The number of ether oxygens (including phenoxy) is 1. The van der Waals surface area contributed by atoms with E-state index in [1.54, 1.807) is 7.11 Å². The molecule has 0 bridgehead atoms. The Hall–Kier alpha value is -0.570. The number of amidine groups is 1. The average molecular weight is 156 g/mol. The van der Waals surface area contributed by atoms with E-state index < -0.39 is 0 Å². The molecule has 3 heteroatoms. The minimum atomic E-state index is 0.192. The molecule has 0 radical (unpaired) electrons. The SMILES string of the molecule is COC(C)CC(N)=NC1CC1. The van der Waals surface area contributed by atoms with Crippen molar-refractivity contribution in [1.82, 2.24) is 0 Å². The van der Waals surface area contributed by atoms with Crippen LogP contribution in [0, 0.1) is 0 Å². The average Bonchev–Trinajstić information content (AvgIpc) is 2.71. The first-order chi connectivity index (χ1) is 5.22. The third-order valence-corrected chi connectivity index (χ3v) is 1.79. The Morgan fingerprint density at radius 1 is 1.73 bits per heavy atom. The van der Waals surface area contributed by atoms with Crippen LogP contribution in [0.25, 0.3) is 0 Å². The summed E-state index contributed by atoms with van der Waals surface area (Å²) in [7, 11) is 1.69. The molecule has 0 saturated heterocycles. The Morgan fingerprint density at radius 3 is 2.82 bits per heavy atom. The van der Waals surface area contributed by atoms with E-state index >= 15 is 0 Å². The molecule has 0 amide bonds. The van der Waals surface area contributed by atoms with Crippen molar-refractivity contribution in [2.45, 2.75) is 38.3 Å². The van der Waals surface area contributed by atoms with E-state index in [0.717, 1.165) is 12.3 Å². The second-order valence-electron chi connectivity index (χ2n) is 3.10. The molecule has 0 aromatic rings. The summed E-state index contributed by atoms with van der Waals surface area (Å²) in [6.07, 6.45) is 3.37. The molecule has 1 rings (SSSR count). The topological polar surface area (TPSA) is 47.6 Å². The van der Waals surface area contributed by atoms with Crippen LogP contribution in [0.1, 0.15) is 26.2 Å². The maximum atomic E-state index is 5.66. The van der Waals surface area contributed by atoms with Crippen LogP contribution in [0.5, 0.6) is 0 Å². The van der Waals surface area contributed by atoms with Crippen molar-refractivity contribution in [2.24, 2.45) is 10.7 Å². The minimum Gasteiger partial charge on any atom is -0.387 e. The lowest BCUT2D eigenvalue weighted by Gasteiger charge is -2.07. The second kappa shape index (κ2) is 3.72. The Morgan fingerprint density at radius 2 is 2.36 bits per heavy atom. The van der Waals surface area contributed by atoms with Gasteiger partial charge < -0.3 is 10.5 Å². The number of hydrogen-bond acceptors (Lipinski definition) is 2. The van der Waals surface area contributed by atoms with E-state index in [1.807, 2.05) is 6.92 Å². The van der Waals surface area contributed by atoms with E-state index in [4.69, 9.17) is 10.5 Å². The largest absolute Gasteiger partial charge is 0.387 e. The van der Waals surface area contributed by atoms with E-state index in [1.165, 1.54) is 12.8 Å². The van der Waals surface area contributed by atoms with Crippen LogP contribution in [-0.2, 0) is 4.74 Å². The maximum Gasteiger partial charge on any atom is 0.0966 e. The monoisotopic (exact) mass is 156 g/mol. The van der Waals surface area contributed by atoms with Gasteiger partial charge in [-0.25, -0.2) is 0 Å². The quantitative estimate of drug-likeness (QED) is 0.486. The summed E-state index contributed by atoms with van der Waals surface area (Å²) >= 11 is 0. The van der Waals surface area contributed by atoms with Gasteiger partial charge in [0.15, 0.2) is 0 Å². The zero-order valence-corrected chi connectivity index (χ0v) is 7.21. The van der Waals surface area contributed by atoms with E-state index in [9.17, 15) is 0 Å². The zero-order chi connectivity index (χ0) is 8.27. The van der Waals surface area contributed by atoms with Crippen LogP contribution in [0.4, 0.5) is 0 Å². The molecular formula is C8H16N2O. The van der Waals surface area contributed by atoms with Crippen molar-refractivity contribution < 1.29 is 4.74 Å². The number of hydrogen-bond donors (Lipinski definition) is 1. The summed E-state index contributed by atoms with van der Waals surface area (Å²) in [6.45, 7) is 2.00. The Kier molecular flexibility index (Phi) is 2.88. The van der Waals surface area contributed by atoms with Gasteiger partial charge in [-0.2, -0.15) is 0 Å². The molecule has 1 aliphatic carbocycles. The highest BCUT2D eigenvalue weighted by Crippen LogP contribution is 2.23. The smallest absolute Gasteiger partial charge is 0.0966 e. The molecule has 64 valence electrons. The fourth-order valence-corrected chi connectivity index (χ4v) is 0.869.